The molecular formula is C23H22BrN3O4S. The van der Waals surface area contributed by atoms with E-state index in [2.05, 4.69) is 26.6 Å². The van der Waals surface area contributed by atoms with E-state index < -0.39 is 22.5 Å². The summed E-state index contributed by atoms with van der Waals surface area (Å²) in [5.74, 6) is -0.921. The number of carbonyl (C=O) groups excluding carboxylic acids is 2. The lowest BCUT2D eigenvalue weighted by molar-refractivity contribution is -0.114. The standard InChI is InChI=1S/C23H22BrN3O4S/c1-32(30,31)27(19-11-7-10-18(24)14-19)16-22(28)26-21-13-6-5-12-20(21)23(29)25-15-17-8-3-2-4-9-17/h2-14H,15-16H2,1H3,(H,25,29)(H,26,28). The molecule has 3 aromatic rings. The SMILES string of the molecule is CS(=O)(=O)N(CC(=O)Nc1ccccc1C(=O)NCc1ccccc1)c1cccc(Br)c1. The molecule has 0 saturated heterocycles. The molecule has 0 aliphatic heterocycles. The van der Waals surface area contributed by atoms with Gasteiger partial charge in [0, 0.05) is 11.0 Å². The summed E-state index contributed by atoms with van der Waals surface area (Å²) >= 11 is 3.31. The lowest BCUT2D eigenvalue weighted by Crippen LogP contribution is -2.37. The predicted octanol–water partition coefficient (Wildman–Crippen LogP) is 3.78. The Morgan fingerprint density at radius 1 is 0.938 bits per heavy atom. The fourth-order valence-electron chi connectivity index (χ4n) is 3.01. The molecule has 0 atom stereocenters. The van der Waals surface area contributed by atoms with Crippen LogP contribution in [0, 0.1) is 0 Å². The van der Waals surface area contributed by atoms with Crippen molar-refractivity contribution in [2.75, 3.05) is 22.4 Å². The highest BCUT2D eigenvalue weighted by Crippen LogP contribution is 2.22. The van der Waals surface area contributed by atoms with Crippen LogP contribution in [-0.2, 0) is 21.4 Å². The van der Waals surface area contributed by atoms with Gasteiger partial charge in [0.25, 0.3) is 5.91 Å². The van der Waals surface area contributed by atoms with Gasteiger partial charge in [-0.05, 0) is 35.9 Å². The van der Waals surface area contributed by atoms with E-state index in [1.54, 1.807) is 48.5 Å². The van der Waals surface area contributed by atoms with Crippen LogP contribution in [-0.4, -0.2) is 33.0 Å². The minimum absolute atomic E-state index is 0.283. The first-order chi connectivity index (χ1) is 15.2. The zero-order valence-electron chi connectivity index (χ0n) is 17.3. The van der Waals surface area contributed by atoms with E-state index in [0.29, 0.717) is 22.4 Å². The minimum atomic E-state index is -3.72. The van der Waals surface area contributed by atoms with E-state index in [-0.39, 0.29) is 11.5 Å². The van der Waals surface area contributed by atoms with E-state index in [1.807, 2.05) is 30.3 Å². The number of hydrogen-bond acceptors (Lipinski definition) is 4. The normalized spacial score (nSPS) is 10.9. The Morgan fingerprint density at radius 3 is 2.31 bits per heavy atom. The van der Waals surface area contributed by atoms with Crippen molar-refractivity contribution in [2.45, 2.75) is 6.54 Å². The van der Waals surface area contributed by atoms with Crippen molar-refractivity contribution in [2.24, 2.45) is 0 Å². The number of nitrogens with one attached hydrogen (secondary N) is 2. The van der Waals surface area contributed by atoms with Crippen LogP contribution in [0.25, 0.3) is 0 Å². The molecule has 3 rings (SSSR count). The minimum Gasteiger partial charge on any atom is -0.348 e. The van der Waals surface area contributed by atoms with Crippen molar-refractivity contribution >= 4 is 49.1 Å². The Labute approximate surface area is 195 Å². The summed E-state index contributed by atoms with van der Waals surface area (Å²) in [7, 11) is -3.72. The van der Waals surface area contributed by atoms with Crippen LogP contribution < -0.4 is 14.9 Å². The van der Waals surface area contributed by atoms with Crippen LogP contribution in [0.3, 0.4) is 0 Å². The van der Waals surface area contributed by atoms with E-state index in [1.165, 1.54) is 0 Å². The molecule has 0 fully saturated rings. The molecule has 7 nitrogen and oxygen atoms in total. The van der Waals surface area contributed by atoms with Crippen LogP contribution in [0.15, 0.2) is 83.3 Å². The van der Waals surface area contributed by atoms with Gasteiger partial charge < -0.3 is 10.6 Å². The third-order valence-corrected chi connectivity index (χ3v) is 6.16. The first kappa shape index (κ1) is 23.5. The Balaban J connectivity index is 1.74. The smallest absolute Gasteiger partial charge is 0.253 e. The van der Waals surface area contributed by atoms with Crippen molar-refractivity contribution in [3.05, 3.63) is 94.5 Å². The third-order valence-electron chi connectivity index (χ3n) is 4.53. The molecule has 0 aliphatic rings. The molecule has 0 saturated carbocycles. The Bertz CT molecular complexity index is 1220. The highest BCUT2D eigenvalue weighted by Gasteiger charge is 2.22. The Morgan fingerprint density at radius 2 is 1.62 bits per heavy atom. The number of halogens is 1. The van der Waals surface area contributed by atoms with Gasteiger partial charge in [-0.1, -0.05) is 64.5 Å². The van der Waals surface area contributed by atoms with Gasteiger partial charge >= 0.3 is 0 Å². The topological polar surface area (TPSA) is 95.6 Å². The molecule has 0 aliphatic carbocycles. The Kier molecular flexibility index (Phi) is 7.66. The quantitative estimate of drug-likeness (QED) is 0.477. The second-order valence-corrected chi connectivity index (χ2v) is 9.83. The summed E-state index contributed by atoms with van der Waals surface area (Å²) in [4.78, 5) is 25.4. The number of para-hydroxylation sites is 1. The monoisotopic (exact) mass is 515 g/mol. The largest absolute Gasteiger partial charge is 0.348 e. The van der Waals surface area contributed by atoms with E-state index in [0.717, 1.165) is 16.1 Å². The molecule has 0 heterocycles. The van der Waals surface area contributed by atoms with Crippen LogP contribution in [0.5, 0.6) is 0 Å². The summed E-state index contributed by atoms with van der Waals surface area (Å²) in [5.41, 5.74) is 1.88. The van der Waals surface area contributed by atoms with Gasteiger partial charge in [0.2, 0.25) is 15.9 Å². The lowest BCUT2D eigenvalue weighted by Gasteiger charge is -2.22. The fourth-order valence-corrected chi connectivity index (χ4v) is 4.25. The number of hydrogen-bond donors (Lipinski definition) is 2. The summed E-state index contributed by atoms with van der Waals surface area (Å²) < 4.78 is 26.3. The number of nitrogens with zero attached hydrogens (tertiary/aromatic N) is 1. The van der Waals surface area contributed by atoms with Crippen molar-refractivity contribution in [3.63, 3.8) is 0 Å². The molecule has 9 heteroatoms. The number of rotatable bonds is 8. The zero-order valence-corrected chi connectivity index (χ0v) is 19.7. The van der Waals surface area contributed by atoms with E-state index >= 15 is 0 Å². The second-order valence-electron chi connectivity index (χ2n) is 7.01. The maximum absolute atomic E-state index is 12.7. The zero-order chi connectivity index (χ0) is 23.1. The summed E-state index contributed by atoms with van der Waals surface area (Å²) in [6.45, 7) is -0.0953. The lowest BCUT2D eigenvalue weighted by atomic mass is 10.1. The highest BCUT2D eigenvalue weighted by molar-refractivity contribution is 9.10. The predicted molar refractivity (Wildman–Crippen MR) is 129 cm³/mol. The molecule has 0 spiro atoms. The molecule has 32 heavy (non-hydrogen) atoms. The molecule has 166 valence electrons. The first-order valence-corrected chi connectivity index (χ1v) is 12.3. The van der Waals surface area contributed by atoms with Gasteiger partial charge in [-0.2, -0.15) is 0 Å². The first-order valence-electron chi connectivity index (χ1n) is 9.68. The molecule has 0 bridgehead atoms. The van der Waals surface area contributed by atoms with Gasteiger partial charge in [0.1, 0.15) is 6.54 Å². The second kappa shape index (κ2) is 10.4. The molecule has 2 amide bonds. The van der Waals surface area contributed by atoms with Gasteiger partial charge in [-0.25, -0.2) is 8.42 Å². The van der Waals surface area contributed by atoms with Gasteiger partial charge in [-0.15, -0.1) is 0 Å². The van der Waals surface area contributed by atoms with Crippen LogP contribution >= 0.6 is 15.9 Å². The van der Waals surface area contributed by atoms with Crippen molar-refractivity contribution in [3.8, 4) is 0 Å². The summed E-state index contributed by atoms with van der Waals surface area (Å²) in [6.07, 6.45) is 1.03. The fraction of sp³-hybridized carbons (Fsp3) is 0.130. The number of carbonyl (C=O) groups is 2. The molecule has 0 radical (unpaired) electrons. The van der Waals surface area contributed by atoms with Crippen molar-refractivity contribution in [1.29, 1.82) is 0 Å². The number of anilines is 2. The highest BCUT2D eigenvalue weighted by atomic mass is 79.9. The molecular weight excluding hydrogens is 494 g/mol. The number of benzene rings is 3. The molecule has 0 aromatic heterocycles. The van der Waals surface area contributed by atoms with Crippen LogP contribution in [0.1, 0.15) is 15.9 Å². The number of sulfonamides is 1. The maximum atomic E-state index is 12.7. The van der Waals surface area contributed by atoms with E-state index in [9.17, 15) is 18.0 Å². The van der Waals surface area contributed by atoms with Crippen LogP contribution in [0.2, 0.25) is 0 Å². The average Bonchev–Trinajstić information content (AvgIpc) is 2.76. The Hall–Kier alpha value is -3.17. The summed E-state index contributed by atoms with van der Waals surface area (Å²) in [5, 5.41) is 5.48. The third kappa shape index (κ3) is 6.41. The molecule has 2 N–H and O–H groups in total. The van der Waals surface area contributed by atoms with Crippen LogP contribution in [0.4, 0.5) is 11.4 Å². The van der Waals surface area contributed by atoms with Gasteiger partial charge in [-0.3, -0.25) is 13.9 Å². The summed E-state index contributed by atoms with van der Waals surface area (Å²) in [6, 6.07) is 22.7. The average molecular weight is 516 g/mol. The van der Waals surface area contributed by atoms with Crippen molar-refractivity contribution in [1.82, 2.24) is 5.32 Å². The van der Waals surface area contributed by atoms with E-state index in [4.69, 9.17) is 0 Å². The maximum Gasteiger partial charge on any atom is 0.253 e. The number of amides is 2. The van der Waals surface area contributed by atoms with Gasteiger partial charge in [0.15, 0.2) is 0 Å². The molecule has 3 aromatic carbocycles. The van der Waals surface area contributed by atoms with Crippen molar-refractivity contribution < 1.29 is 18.0 Å². The molecule has 0 unspecified atom stereocenters. The van der Waals surface area contributed by atoms with Gasteiger partial charge in [0.05, 0.1) is 23.2 Å².